The fourth-order valence-electron chi connectivity index (χ4n) is 3.38. The van der Waals surface area contributed by atoms with Crippen molar-refractivity contribution in [2.45, 2.75) is 25.7 Å². The molecule has 1 aromatic carbocycles. The smallest absolute Gasteiger partial charge is 0.335 e. The summed E-state index contributed by atoms with van der Waals surface area (Å²) in [7, 11) is 0. The molecular weight excluding hydrogens is 270 g/mol. The molecule has 0 aromatic heterocycles. The first kappa shape index (κ1) is 13.8. The van der Waals surface area contributed by atoms with Crippen molar-refractivity contribution in [2.24, 2.45) is 11.8 Å². The van der Waals surface area contributed by atoms with Crippen LogP contribution in [0.2, 0.25) is 0 Å². The molecule has 1 saturated heterocycles. The van der Waals surface area contributed by atoms with Crippen molar-refractivity contribution in [3.05, 3.63) is 35.4 Å². The minimum absolute atomic E-state index is 0.0117. The predicted octanol–water partition coefficient (Wildman–Crippen LogP) is 1.71. The lowest BCUT2D eigenvalue weighted by Gasteiger charge is -2.29. The van der Waals surface area contributed by atoms with Crippen LogP contribution in [0.25, 0.3) is 0 Å². The summed E-state index contributed by atoms with van der Waals surface area (Å²) in [6.07, 6.45) is 2.69. The number of carboxylic acid groups (broad SMARTS) is 1. The van der Waals surface area contributed by atoms with Crippen LogP contribution in [0, 0.1) is 11.8 Å². The first-order valence-electron chi connectivity index (χ1n) is 7.24. The largest absolute Gasteiger partial charge is 0.478 e. The summed E-state index contributed by atoms with van der Waals surface area (Å²) in [5.74, 6) is -1.17. The van der Waals surface area contributed by atoms with Crippen molar-refractivity contribution >= 4 is 17.8 Å². The summed E-state index contributed by atoms with van der Waals surface area (Å²) < 4.78 is 0. The highest BCUT2D eigenvalue weighted by atomic mass is 16.4. The van der Waals surface area contributed by atoms with Gasteiger partial charge in [-0.1, -0.05) is 18.2 Å². The van der Waals surface area contributed by atoms with Crippen molar-refractivity contribution in [1.82, 2.24) is 4.90 Å². The summed E-state index contributed by atoms with van der Waals surface area (Å²) >= 11 is 0. The molecule has 5 heteroatoms. The van der Waals surface area contributed by atoms with Crippen molar-refractivity contribution in [1.29, 1.82) is 0 Å². The Bertz CT molecular complexity index is 588. The predicted molar refractivity (Wildman–Crippen MR) is 74.7 cm³/mol. The van der Waals surface area contributed by atoms with Gasteiger partial charge in [0.2, 0.25) is 11.8 Å². The van der Waals surface area contributed by atoms with E-state index in [2.05, 4.69) is 0 Å². The number of imide groups is 1. The average molecular weight is 287 g/mol. The third-order valence-corrected chi connectivity index (χ3v) is 4.52. The Morgan fingerprint density at radius 2 is 1.76 bits per heavy atom. The topological polar surface area (TPSA) is 74.7 Å². The van der Waals surface area contributed by atoms with E-state index in [9.17, 15) is 14.4 Å². The zero-order valence-corrected chi connectivity index (χ0v) is 11.6. The Balaban J connectivity index is 1.74. The maximum atomic E-state index is 12.2. The van der Waals surface area contributed by atoms with Gasteiger partial charge in [0.1, 0.15) is 0 Å². The van der Waals surface area contributed by atoms with Gasteiger partial charge in [0.15, 0.2) is 0 Å². The zero-order valence-electron chi connectivity index (χ0n) is 11.6. The first-order chi connectivity index (χ1) is 10.1. The molecule has 2 aliphatic rings. The lowest BCUT2D eigenvalue weighted by molar-refractivity contribution is -0.152. The monoisotopic (exact) mass is 287 g/mol. The molecule has 1 aromatic rings. The van der Waals surface area contributed by atoms with E-state index in [0.717, 1.165) is 12.8 Å². The van der Waals surface area contributed by atoms with Crippen molar-refractivity contribution in [3.63, 3.8) is 0 Å². The molecule has 2 bridgehead atoms. The molecule has 1 aliphatic heterocycles. The van der Waals surface area contributed by atoms with Crippen molar-refractivity contribution in [3.8, 4) is 0 Å². The fraction of sp³-hybridized carbons (Fsp3) is 0.438. The number of likely N-dealkylation sites (tertiary alicyclic amines) is 1. The number of carboxylic acids is 1. The molecule has 2 unspecified atom stereocenters. The standard InChI is InChI=1S/C16H17NO4/c18-14-11-5-6-12(9-11)15(19)17(14)8-7-10-3-1-2-4-13(10)16(20)21/h1-4,11-12H,5-9H2,(H,20,21). The molecule has 1 heterocycles. The number of rotatable bonds is 4. The first-order valence-corrected chi connectivity index (χ1v) is 7.24. The summed E-state index contributed by atoms with van der Waals surface area (Å²) in [6.45, 7) is 0.273. The third-order valence-electron chi connectivity index (χ3n) is 4.52. The van der Waals surface area contributed by atoms with Gasteiger partial charge in [0.25, 0.3) is 0 Å². The molecule has 2 amide bonds. The summed E-state index contributed by atoms with van der Waals surface area (Å²) in [5, 5.41) is 9.15. The van der Waals surface area contributed by atoms with Gasteiger partial charge in [0.05, 0.1) is 5.56 Å². The SMILES string of the molecule is O=C(O)c1ccccc1CCN1C(=O)C2CCC(C2)C1=O. The number of hydrogen-bond donors (Lipinski definition) is 1. The lowest BCUT2D eigenvalue weighted by Crippen LogP contribution is -2.47. The number of carbonyl (C=O) groups is 3. The van der Waals surface area contributed by atoms with Crippen molar-refractivity contribution < 1.29 is 19.5 Å². The average Bonchev–Trinajstić information content (AvgIpc) is 2.92. The molecule has 3 rings (SSSR count). The van der Waals surface area contributed by atoms with Gasteiger partial charge in [-0.15, -0.1) is 0 Å². The Labute approximate surface area is 122 Å². The molecule has 110 valence electrons. The summed E-state index contributed by atoms with van der Waals surface area (Å²) in [6, 6.07) is 6.72. The van der Waals surface area contributed by atoms with Gasteiger partial charge in [-0.25, -0.2) is 4.79 Å². The van der Waals surface area contributed by atoms with Crippen LogP contribution in [0.3, 0.4) is 0 Å². The number of benzene rings is 1. The number of piperidine rings is 1. The normalized spacial score (nSPS) is 24.5. The molecule has 1 saturated carbocycles. The third kappa shape index (κ3) is 2.44. The van der Waals surface area contributed by atoms with E-state index in [0.29, 0.717) is 18.4 Å². The van der Waals surface area contributed by atoms with Gasteiger partial charge < -0.3 is 5.11 Å². The zero-order chi connectivity index (χ0) is 15.0. The lowest BCUT2D eigenvalue weighted by atomic mass is 9.96. The van der Waals surface area contributed by atoms with Gasteiger partial charge >= 0.3 is 5.97 Å². The Morgan fingerprint density at radius 1 is 1.14 bits per heavy atom. The van der Waals surface area contributed by atoms with Gasteiger partial charge in [-0.2, -0.15) is 0 Å². The highest BCUT2D eigenvalue weighted by Gasteiger charge is 2.44. The number of nitrogens with zero attached hydrogens (tertiary/aromatic N) is 1. The van der Waals surface area contributed by atoms with Crippen LogP contribution in [-0.2, 0) is 16.0 Å². The fourth-order valence-corrected chi connectivity index (χ4v) is 3.38. The van der Waals surface area contributed by atoms with Crippen LogP contribution < -0.4 is 0 Å². The molecule has 2 fully saturated rings. The highest BCUT2D eigenvalue weighted by Crippen LogP contribution is 2.38. The van der Waals surface area contributed by atoms with E-state index in [-0.39, 0.29) is 35.8 Å². The molecule has 5 nitrogen and oxygen atoms in total. The summed E-state index contributed by atoms with van der Waals surface area (Å²) in [5.41, 5.74) is 0.890. The van der Waals surface area contributed by atoms with E-state index >= 15 is 0 Å². The molecule has 2 atom stereocenters. The number of carbonyl (C=O) groups excluding carboxylic acids is 2. The molecule has 1 aliphatic carbocycles. The second-order valence-electron chi connectivity index (χ2n) is 5.75. The van der Waals surface area contributed by atoms with E-state index in [1.807, 2.05) is 0 Å². The van der Waals surface area contributed by atoms with Crippen LogP contribution >= 0.6 is 0 Å². The minimum atomic E-state index is -0.984. The van der Waals surface area contributed by atoms with Crippen LogP contribution in [0.1, 0.15) is 35.2 Å². The number of fused-ring (bicyclic) bond motifs is 2. The van der Waals surface area contributed by atoms with Crippen LogP contribution in [-0.4, -0.2) is 34.3 Å². The van der Waals surface area contributed by atoms with E-state index in [1.165, 1.54) is 4.90 Å². The van der Waals surface area contributed by atoms with Gasteiger partial charge in [-0.05, 0) is 37.3 Å². The van der Waals surface area contributed by atoms with Gasteiger partial charge in [-0.3, -0.25) is 14.5 Å². The molecule has 0 radical (unpaired) electrons. The van der Waals surface area contributed by atoms with Gasteiger partial charge in [0, 0.05) is 18.4 Å². The molecular formula is C16H17NO4. The number of hydrogen-bond acceptors (Lipinski definition) is 3. The van der Waals surface area contributed by atoms with Crippen molar-refractivity contribution in [2.75, 3.05) is 6.54 Å². The van der Waals surface area contributed by atoms with Crippen LogP contribution in [0.5, 0.6) is 0 Å². The second kappa shape index (κ2) is 5.31. The van der Waals surface area contributed by atoms with Crippen LogP contribution in [0.15, 0.2) is 24.3 Å². The maximum Gasteiger partial charge on any atom is 0.335 e. The number of aromatic carboxylic acids is 1. The van der Waals surface area contributed by atoms with E-state index in [1.54, 1.807) is 24.3 Å². The van der Waals surface area contributed by atoms with E-state index in [4.69, 9.17) is 5.11 Å². The quantitative estimate of drug-likeness (QED) is 0.855. The molecule has 1 N–H and O–H groups in total. The second-order valence-corrected chi connectivity index (χ2v) is 5.75. The Kier molecular flexibility index (Phi) is 3.49. The van der Waals surface area contributed by atoms with Crippen LogP contribution in [0.4, 0.5) is 0 Å². The minimum Gasteiger partial charge on any atom is -0.478 e. The maximum absolute atomic E-state index is 12.2. The number of amides is 2. The Hall–Kier alpha value is -2.17. The molecule has 21 heavy (non-hydrogen) atoms. The summed E-state index contributed by atoms with van der Waals surface area (Å²) in [4.78, 5) is 37.0. The Morgan fingerprint density at radius 3 is 2.38 bits per heavy atom. The highest BCUT2D eigenvalue weighted by molar-refractivity contribution is 6.01. The molecule has 0 spiro atoms. The van der Waals surface area contributed by atoms with E-state index < -0.39 is 5.97 Å².